The van der Waals surface area contributed by atoms with E-state index in [0.717, 1.165) is 19.3 Å². The highest BCUT2D eigenvalue weighted by Gasteiger charge is 2.17. The number of nitrogens with zero attached hydrogens (tertiary/aromatic N) is 1. The molecule has 0 radical (unpaired) electrons. The predicted molar refractivity (Wildman–Crippen MR) is 74.7 cm³/mol. The number of nitrogens with one attached hydrogen (secondary N) is 2. The molecule has 2 N–H and O–H groups in total. The van der Waals surface area contributed by atoms with Crippen LogP contribution in [0.3, 0.4) is 0 Å². The minimum Gasteiger partial charge on any atom is -0.387 e. The molecule has 7 heteroatoms. The lowest BCUT2D eigenvalue weighted by Gasteiger charge is -2.10. The van der Waals surface area contributed by atoms with E-state index < -0.39 is 10.0 Å². The molecule has 0 atom stereocenters. The summed E-state index contributed by atoms with van der Waals surface area (Å²) in [5.74, 6) is 0. The zero-order valence-electron chi connectivity index (χ0n) is 11.3. The van der Waals surface area contributed by atoms with E-state index in [0.29, 0.717) is 18.8 Å². The summed E-state index contributed by atoms with van der Waals surface area (Å²) in [6.45, 7) is 1.13. The number of unbranched alkanes of at least 4 members (excludes halogenated alkanes) is 2. The molecule has 6 nitrogen and oxygen atoms in total. The zero-order chi connectivity index (χ0) is 14.1. The molecule has 0 amide bonds. The molecule has 1 rings (SSSR count). The smallest absolute Gasteiger partial charge is 0.244 e. The molecule has 0 aliphatic rings. The van der Waals surface area contributed by atoms with Crippen LogP contribution < -0.4 is 10.0 Å². The van der Waals surface area contributed by atoms with Crippen molar-refractivity contribution in [3.05, 3.63) is 18.5 Å². The Kier molecular flexibility index (Phi) is 6.75. The van der Waals surface area contributed by atoms with Crippen LogP contribution >= 0.6 is 0 Å². The van der Waals surface area contributed by atoms with Crippen LogP contribution in [0, 0.1) is 0 Å². The minimum absolute atomic E-state index is 0.175. The first-order valence-electron chi connectivity index (χ1n) is 6.22. The van der Waals surface area contributed by atoms with Gasteiger partial charge in [0.05, 0.1) is 5.69 Å². The topological polar surface area (TPSA) is 80.3 Å². The second-order valence-electron chi connectivity index (χ2n) is 4.07. The highest BCUT2D eigenvalue weighted by molar-refractivity contribution is 7.89. The summed E-state index contributed by atoms with van der Waals surface area (Å²) in [5, 5.41) is 2.84. The second kappa shape index (κ2) is 8.08. The van der Waals surface area contributed by atoms with Gasteiger partial charge in [-0.1, -0.05) is 0 Å². The van der Waals surface area contributed by atoms with Crippen LogP contribution in [0.1, 0.15) is 19.3 Å². The number of methoxy groups -OCH3 is 1. The number of sulfonamides is 1. The van der Waals surface area contributed by atoms with E-state index in [1.54, 1.807) is 26.4 Å². The van der Waals surface area contributed by atoms with Gasteiger partial charge in [-0.2, -0.15) is 0 Å². The summed E-state index contributed by atoms with van der Waals surface area (Å²) >= 11 is 0. The van der Waals surface area contributed by atoms with Crippen LogP contribution in [-0.4, -0.2) is 40.7 Å². The lowest BCUT2D eigenvalue weighted by molar-refractivity contribution is 0.192. The number of anilines is 1. The van der Waals surface area contributed by atoms with E-state index >= 15 is 0 Å². The maximum absolute atomic E-state index is 12.1. The average molecular weight is 287 g/mol. The normalized spacial score (nSPS) is 11.5. The largest absolute Gasteiger partial charge is 0.387 e. The first kappa shape index (κ1) is 15.9. The summed E-state index contributed by atoms with van der Waals surface area (Å²) < 4.78 is 31.7. The van der Waals surface area contributed by atoms with Gasteiger partial charge in [0, 0.05) is 39.7 Å². The van der Waals surface area contributed by atoms with Gasteiger partial charge in [0.2, 0.25) is 10.0 Å². The molecule has 0 fully saturated rings. The van der Waals surface area contributed by atoms with E-state index in [1.165, 1.54) is 6.20 Å². The van der Waals surface area contributed by atoms with Crippen molar-refractivity contribution in [3.8, 4) is 0 Å². The van der Waals surface area contributed by atoms with Crippen LogP contribution in [0.15, 0.2) is 23.4 Å². The molecule has 0 bridgehead atoms. The summed E-state index contributed by atoms with van der Waals surface area (Å²) in [4.78, 5) is 4.03. The molecule has 1 heterocycles. The van der Waals surface area contributed by atoms with Gasteiger partial charge in [0.1, 0.15) is 4.90 Å². The van der Waals surface area contributed by atoms with Crippen LogP contribution in [0.5, 0.6) is 0 Å². The molecule has 0 saturated heterocycles. The van der Waals surface area contributed by atoms with E-state index in [-0.39, 0.29) is 4.90 Å². The van der Waals surface area contributed by atoms with Gasteiger partial charge in [-0.05, 0) is 25.3 Å². The molecular formula is C12H21N3O3S. The summed E-state index contributed by atoms with van der Waals surface area (Å²) in [7, 11) is -0.165. The van der Waals surface area contributed by atoms with Crippen molar-refractivity contribution >= 4 is 15.7 Å². The van der Waals surface area contributed by atoms with Crippen LogP contribution in [0.25, 0.3) is 0 Å². The molecule has 0 spiro atoms. The van der Waals surface area contributed by atoms with Crippen molar-refractivity contribution in [1.29, 1.82) is 0 Å². The molecule has 0 aliphatic heterocycles. The monoisotopic (exact) mass is 287 g/mol. The lowest BCUT2D eigenvalue weighted by Crippen LogP contribution is -2.25. The number of hydrogen-bond donors (Lipinski definition) is 2. The van der Waals surface area contributed by atoms with E-state index in [1.807, 2.05) is 0 Å². The van der Waals surface area contributed by atoms with Crippen molar-refractivity contribution in [2.75, 3.05) is 32.6 Å². The van der Waals surface area contributed by atoms with Gasteiger partial charge < -0.3 is 10.1 Å². The van der Waals surface area contributed by atoms with Gasteiger partial charge in [-0.15, -0.1) is 0 Å². The third-order valence-corrected chi connectivity index (χ3v) is 4.15. The van der Waals surface area contributed by atoms with Crippen molar-refractivity contribution in [2.24, 2.45) is 0 Å². The van der Waals surface area contributed by atoms with Crippen molar-refractivity contribution in [2.45, 2.75) is 24.2 Å². The fraction of sp³-hybridized carbons (Fsp3) is 0.583. The van der Waals surface area contributed by atoms with Gasteiger partial charge in [0.25, 0.3) is 0 Å². The fourth-order valence-electron chi connectivity index (χ4n) is 1.63. The van der Waals surface area contributed by atoms with Crippen molar-refractivity contribution in [1.82, 2.24) is 9.71 Å². The number of ether oxygens (including phenoxy) is 1. The number of aromatic nitrogens is 1. The van der Waals surface area contributed by atoms with E-state index in [4.69, 9.17) is 4.74 Å². The molecule has 0 aromatic carbocycles. The highest BCUT2D eigenvalue weighted by atomic mass is 32.2. The SMILES string of the molecule is CNc1ccncc1S(=O)(=O)NCCCCCOC. The standard InChI is InChI=1S/C12H21N3O3S/c1-13-11-6-8-14-10-12(11)19(16,17)15-7-4-3-5-9-18-2/h6,8,10,15H,3-5,7,9H2,1-2H3,(H,13,14). The number of hydrogen-bond acceptors (Lipinski definition) is 5. The molecule has 1 aromatic heterocycles. The molecule has 0 unspecified atom stereocenters. The summed E-state index contributed by atoms with van der Waals surface area (Å²) in [6.07, 6.45) is 5.56. The average Bonchev–Trinajstić information content (AvgIpc) is 2.42. The fourth-order valence-corrected chi connectivity index (χ4v) is 2.86. The summed E-state index contributed by atoms with van der Waals surface area (Å²) in [6, 6.07) is 1.63. The minimum atomic E-state index is -3.50. The maximum Gasteiger partial charge on any atom is 0.244 e. The quantitative estimate of drug-likeness (QED) is 0.667. The Hall–Kier alpha value is -1.18. The Morgan fingerprint density at radius 1 is 1.32 bits per heavy atom. The molecule has 0 saturated carbocycles. The first-order valence-corrected chi connectivity index (χ1v) is 7.70. The van der Waals surface area contributed by atoms with Crippen LogP contribution in [0.2, 0.25) is 0 Å². The van der Waals surface area contributed by atoms with E-state index in [9.17, 15) is 8.42 Å². The predicted octanol–water partition coefficient (Wildman–Crippen LogP) is 1.22. The molecule has 0 aliphatic carbocycles. The van der Waals surface area contributed by atoms with E-state index in [2.05, 4.69) is 15.0 Å². The molecule has 19 heavy (non-hydrogen) atoms. The third-order valence-electron chi connectivity index (χ3n) is 2.66. The molecule has 108 valence electrons. The maximum atomic E-state index is 12.1. The Morgan fingerprint density at radius 2 is 2.11 bits per heavy atom. The lowest BCUT2D eigenvalue weighted by atomic mass is 10.2. The highest BCUT2D eigenvalue weighted by Crippen LogP contribution is 2.18. The van der Waals surface area contributed by atoms with Gasteiger partial charge in [-0.25, -0.2) is 13.1 Å². The van der Waals surface area contributed by atoms with Crippen LogP contribution in [-0.2, 0) is 14.8 Å². The van der Waals surface area contributed by atoms with Crippen LogP contribution in [0.4, 0.5) is 5.69 Å². The number of pyridine rings is 1. The van der Waals surface area contributed by atoms with Crippen molar-refractivity contribution < 1.29 is 13.2 Å². The Balaban J connectivity index is 2.52. The number of rotatable bonds is 9. The van der Waals surface area contributed by atoms with Gasteiger partial charge in [-0.3, -0.25) is 4.98 Å². The Labute approximate surface area is 114 Å². The molecular weight excluding hydrogens is 266 g/mol. The Morgan fingerprint density at radius 3 is 2.79 bits per heavy atom. The summed E-state index contributed by atoms with van der Waals surface area (Å²) in [5.41, 5.74) is 0.543. The third kappa shape index (κ3) is 5.14. The van der Waals surface area contributed by atoms with Gasteiger partial charge >= 0.3 is 0 Å². The Bertz CT molecular complexity index is 477. The second-order valence-corrected chi connectivity index (χ2v) is 5.81. The first-order chi connectivity index (χ1) is 9.11. The van der Waals surface area contributed by atoms with Gasteiger partial charge in [0.15, 0.2) is 0 Å². The zero-order valence-corrected chi connectivity index (χ0v) is 12.2. The molecule has 1 aromatic rings. The van der Waals surface area contributed by atoms with Crippen molar-refractivity contribution in [3.63, 3.8) is 0 Å².